The molecule has 1 aliphatic heterocycles. The van der Waals surface area contributed by atoms with Gasteiger partial charge in [-0.1, -0.05) is 0 Å². The zero-order valence-electron chi connectivity index (χ0n) is 15.1. The van der Waals surface area contributed by atoms with Gasteiger partial charge in [-0.3, -0.25) is 14.5 Å². The molecule has 1 aromatic heterocycles. The number of nitrogens with zero attached hydrogens (tertiary/aromatic N) is 4. The van der Waals surface area contributed by atoms with Crippen molar-refractivity contribution in [2.75, 3.05) is 19.6 Å². The van der Waals surface area contributed by atoms with Crippen LogP contribution in [0.25, 0.3) is 0 Å². The average molecular weight is 379 g/mol. The van der Waals surface area contributed by atoms with Crippen LogP contribution in [0.15, 0.2) is 12.4 Å². The smallest absolute Gasteiger partial charge is 0.324 e. The standard InChI is InChI=1S/C17H22FN5O4/c1-2-22-7-8-23(15(25)14(22)24)17(26)21-12-3-5-13(6-4-12)27-16-19-9-11(18)10-20-16/h9-10,12-13H,2-8H2,1H3,(H,21,26). The number of piperazine rings is 1. The SMILES string of the molecule is CCN1CCN(C(=O)NC2CCC(Oc3ncc(F)cn3)CC2)C(=O)C1=O. The van der Waals surface area contributed by atoms with Crippen LogP contribution in [0.1, 0.15) is 32.6 Å². The molecule has 10 heteroatoms. The van der Waals surface area contributed by atoms with Gasteiger partial charge in [-0.05, 0) is 32.6 Å². The van der Waals surface area contributed by atoms with E-state index in [0.717, 1.165) is 17.3 Å². The molecular weight excluding hydrogens is 357 g/mol. The minimum atomic E-state index is -0.786. The van der Waals surface area contributed by atoms with Crippen LogP contribution >= 0.6 is 0 Å². The lowest BCUT2D eigenvalue weighted by Crippen LogP contribution is -2.59. The molecule has 0 atom stereocenters. The molecule has 1 aromatic rings. The second-order valence-corrected chi connectivity index (χ2v) is 6.57. The normalized spacial score (nSPS) is 23.3. The predicted molar refractivity (Wildman–Crippen MR) is 91.2 cm³/mol. The molecule has 0 bridgehead atoms. The Morgan fingerprint density at radius 1 is 1.19 bits per heavy atom. The van der Waals surface area contributed by atoms with Crippen molar-refractivity contribution in [2.24, 2.45) is 0 Å². The Bertz CT molecular complexity index is 706. The molecule has 27 heavy (non-hydrogen) atoms. The lowest BCUT2D eigenvalue weighted by Gasteiger charge is -2.34. The summed E-state index contributed by atoms with van der Waals surface area (Å²) in [7, 11) is 0. The van der Waals surface area contributed by atoms with Crippen LogP contribution < -0.4 is 10.1 Å². The second-order valence-electron chi connectivity index (χ2n) is 6.57. The average Bonchev–Trinajstić information content (AvgIpc) is 2.67. The number of halogens is 1. The molecule has 0 spiro atoms. The van der Waals surface area contributed by atoms with E-state index in [1.165, 1.54) is 4.90 Å². The zero-order chi connectivity index (χ0) is 19.4. The van der Waals surface area contributed by atoms with Crippen LogP contribution in [0.3, 0.4) is 0 Å². The van der Waals surface area contributed by atoms with Crippen molar-refractivity contribution in [3.63, 3.8) is 0 Å². The molecule has 1 saturated heterocycles. The minimum absolute atomic E-state index is 0.0985. The van der Waals surface area contributed by atoms with Gasteiger partial charge in [0.1, 0.15) is 6.10 Å². The monoisotopic (exact) mass is 379 g/mol. The third-order valence-corrected chi connectivity index (χ3v) is 4.81. The van der Waals surface area contributed by atoms with Gasteiger partial charge in [0.05, 0.1) is 12.4 Å². The van der Waals surface area contributed by atoms with E-state index in [1.807, 2.05) is 0 Å². The minimum Gasteiger partial charge on any atom is -0.460 e. The zero-order valence-corrected chi connectivity index (χ0v) is 15.1. The molecule has 1 aliphatic carbocycles. The van der Waals surface area contributed by atoms with Gasteiger partial charge in [-0.2, -0.15) is 0 Å². The number of carbonyl (C=O) groups is 3. The number of urea groups is 1. The van der Waals surface area contributed by atoms with Gasteiger partial charge >= 0.3 is 23.9 Å². The first kappa shape index (κ1) is 19.0. The lowest BCUT2D eigenvalue weighted by atomic mass is 9.93. The molecule has 9 nitrogen and oxygen atoms in total. The van der Waals surface area contributed by atoms with Crippen molar-refractivity contribution in [2.45, 2.75) is 44.8 Å². The van der Waals surface area contributed by atoms with Crippen LogP contribution in [0, 0.1) is 5.82 Å². The second kappa shape index (κ2) is 8.28. The Kier molecular flexibility index (Phi) is 5.82. The molecule has 2 fully saturated rings. The summed E-state index contributed by atoms with van der Waals surface area (Å²) >= 11 is 0. The summed E-state index contributed by atoms with van der Waals surface area (Å²) in [6.07, 6.45) is 4.64. The van der Waals surface area contributed by atoms with Gasteiger partial charge in [-0.15, -0.1) is 0 Å². The maximum atomic E-state index is 12.8. The summed E-state index contributed by atoms with van der Waals surface area (Å²) in [6, 6.07) is -0.504. The van der Waals surface area contributed by atoms with Crippen LogP contribution in [0.5, 0.6) is 6.01 Å². The highest BCUT2D eigenvalue weighted by molar-refractivity contribution is 6.38. The number of rotatable bonds is 4. The molecule has 0 radical (unpaired) electrons. The van der Waals surface area contributed by atoms with Crippen molar-refractivity contribution in [3.8, 4) is 6.01 Å². The Balaban J connectivity index is 1.46. The number of likely N-dealkylation sites (N-methyl/N-ethyl adjacent to an activating group) is 1. The Labute approximate surface area is 155 Å². The van der Waals surface area contributed by atoms with E-state index in [9.17, 15) is 18.8 Å². The third-order valence-electron chi connectivity index (χ3n) is 4.81. The molecule has 1 saturated carbocycles. The molecule has 0 aromatic carbocycles. The van der Waals surface area contributed by atoms with Crippen LogP contribution in [0.4, 0.5) is 9.18 Å². The number of carbonyl (C=O) groups excluding carboxylic acids is 3. The molecule has 1 N–H and O–H groups in total. The number of hydrogen-bond acceptors (Lipinski definition) is 6. The fourth-order valence-corrected chi connectivity index (χ4v) is 3.26. The molecule has 2 heterocycles. The highest BCUT2D eigenvalue weighted by Gasteiger charge is 2.36. The van der Waals surface area contributed by atoms with E-state index >= 15 is 0 Å². The molecule has 0 unspecified atom stereocenters. The van der Waals surface area contributed by atoms with Crippen molar-refractivity contribution >= 4 is 17.8 Å². The highest BCUT2D eigenvalue weighted by atomic mass is 19.1. The fraction of sp³-hybridized carbons (Fsp3) is 0.588. The first-order valence-corrected chi connectivity index (χ1v) is 9.03. The van der Waals surface area contributed by atoms with Gasteiger partial charge in [0, 0.05) is 25.7 Å². The van der Waals surface area contributed by atoms with Gasteiger partial charge < -0.3 is 15.0 Å². The predicted octanol–water partition coefficient (Wildman–Crippen LogP) is 0.706. The van der Waals surface area contributed by atoms with E-state index in [1.54, 1.807) is 6.92 Å². The lowest BCUT2D eigenvalue weighted by molar-refractivity contribution is -0.153. The topological polar surface area (TPSA) is 105 Å². The van der Waals surface area contributed by atoms with Gasteiger partial charge in [0.2, 0.25) is 0 Å². The number of nitrogens with one attached hydrogen (secondary N) is 1. The summed E-state index contributed by atoms with van der Waals surface area (Å²) in [5.74, 6) is -1.96. The number of aromatic nitrogens is 2. The molecule has 2 aliphatic rings. The van der Waals surface area contributed by atoms with Crippen molar-refractivity contribution in [1.82, 2.24) is 25.1 Å². The van der Waals surface area contributed by atoms with Crippen molar-refractivity contribution < 1.29 is 23.5 Å². The highest BCUT2D eigenvalue weighted by Crippen LogP contribution is 2.22. The van der Waals surface area contributed by atoms with Gasteiger partial charge in [-0.25, -0.2) is 19.2 Å². The van der Waals surface area contributed by atoms with Gasteiger partial charge in [0.25, 0.3) is 0 Å². The maximum absolute atomic E-state index is 12.8. The van der Waals surface area contributed by atoms with Crippen molar-refractivity contribution in [3.05, 3.63) is 18.2 Å². The maximum Gasteiger partial charge on any atom is 0.324 e. The quantitative estimate of drug-likeness (QED) is 0.773. The van der Waals surface area contributed by atoms with E-state index in [4.69, 9.17) is 4.74 Å². The van der Waals surface area contributed by atoms with Crippen LogP contribution in [-0.2, 0) is 9.59 Å². The van der Waals surface area contributed by atoms with Crippen molar-refractivity contribution in [1.29, 1.82) is 0 Å². The Morgan fingerprint density at radius 2 is 1.85 bits per heavy atom. The Hall–Kier alpha value is -2.78. The van der Waals surface area contributed by atoms with Crippen LogP contribution in [-0.4, -0.2) is 69.4 Å². The number of imide groups is 1. The summed E-state index contributed by atoms with van der Waals surface area (Å²) in [5, 5.41) is 2.82. The first-order chi connectivity index (χ1) is 13.0. The summed E-state index contributed by atoms with van der Waals surface area (Å²) in [5.41, 5.74) is 0. The summed E-state index contributed by atoms with van der Waals surface area (Å²) < 4.78 is 18.4. The molecule has 146 valence electrons. The first-order valence-electron chi connectivity index (χ1n) is 9.03. The van der Waals surface area contributed by atoms with E-state index in [0.29, 0.717) is 38.8 Å². The number of hydrogen-bond donors (Lipinski definition) is 1. The Morgan fingerprint density at radius 3 is 2.48 bits per heavy atom. The summed E-state index contributed by atoms with van der Waals surface area (Å²) in [6.45, 7) is 2.79. The number of ether oxygens (including phenoxy) is 1. The largest absolute Gasteiger partial charge is 0.460 e. The molecule has 4 amide bonds. The molecule has 3 rings (SSSR count). The number of amides is 4. The molecular formula is C17H22FN5O4. The van der Waals surface area contributed by atoms with Gasteiger partial charge in [0.15, 0.2) is 5.82 Å². The summed E-state index contributed by atoms with van der Waals surface area (Å²) in [4.78, 5) is 46.3. The van der Waals surface area contributed by atoms with Crippen LogP contribution in [0.2, 0.25) is 0 Å². The van der Waals surface area contributed by atoms with E-state index < -0.39 is 23.7 Å². The third kappa shape index (κ3) is 4.50. The van der Waals surface area contributed by atoms with E-state index in [2.05, 4.69) is 15.3 Å². The fourth-order valence-electron chi connectivity index (χ4n) is 3.26. The van der Waals surface area contributed by atoms with E-state index in [-0.39, 0.29) is 24.7 Å².